The summed E-state index contributed by atoms with van der Waals surface area (Å²) in [7, 11) is 1.56. The van der Waals surface area contributed by atoms with E-state index in [0.717, 1.165) is 0 Å². The maximum atomic E-state index is 13.4. The number of halogens is 1. The van der Waals surface area contributed by atoms with Gasteiger partial charge in [-0.1, -0.05) is 35.5 Å². The number of hydrogen-bond donors (Lipinski definition) is 2. The third-order valence-electron chi connectivity index (χ3n) is 5.03. The zero-order valence-corrected chi connectivity index (χ0v) is 18.0. The van der Waals surface area contributed by atoms with Crippen molar-refractivity contribution >= 4 is 40.9 Å². The minimum absolute atomic E-state index is 0.0495. The van der Waals surface area contributed by atoms with Crippen LogP contribution < -0.4 is 15.8 Å². The number of fused-ring (bicyclic) bond motifs is 1. The van der Waals surface area contributed by atoms with Crippen molar-refractivity contribution in [2.75, 3.05) is 18.2 Å². The first-order valence-corrected chi connectivity index (χ1v) is 10.6. The maximum Gasteiger partial charge on any atom is 0.255 e. The number of benzene rings is 2. The molecule has 7 nitrogen and oxygen atoms in total. The molecule has 2 aromatic carbocycles. The molecule has 156 valence electrons. The average Bonchev–Trinajstić information content (AvgIpc) is 3.16. The number of nitrogens with one attached hydrogen (secondary N) is 1. The van der Waals surface area contributed by atoms with E-state index in [1.807, 2.05) is 0 Å². The number of methoxy groups -OCH3 is 1. The molecule has 4 rings (SSSR count). The normalized spacial score (nSPS) is 18.0. The fourth-order valence-electron chi connectivity index (χ4n) is 3.56. The van der Waals surface area contributed by atoms with Gasteiger partial charge in [-0.05, 0) is 42.0 Å². The smallest absolute Gasteiger partial charge is 0.255 e. The molecule has 2 aliphatic heterocycles. The summed E-state index contributed by atoms with van der Waals surface area (Å²) < 4.78 is 5.15. The number of nitrogens with zero attached hydrogens (tertiary/aromatic N) is 2. The lowest BCUT2D eigenvalue weighted by Crippen LogP contribution is -2.37. The van der Waals surface area contributed by atoms with Gasteiger partial charge in [-0.2, -0.15) is 5.26 Å². The molecule has 0 spiro atoms. The van der Waals surface area contributed by atoms with Gasteiger partial charge in [0.15, 0.2) is 0 Å². The lowest BCUT2D eigenvalue weighted by Gasteiger charge is -2.32. The van der Waals surface area contributed by atoms with Gasteiger partial charge in [0, 0.05) is 10.7 Å². The Morgan fingerprint density at radius 3 is 2.55 bits per heavy atom. The van der Waals surface area contributed by atoms with Crippen molar-refractivity contribution in [3.8, 4) is 11.8 Å². The zero-order chi connectivity index (χ0) is 22.1. The molecule has 0 bridgehead atoms. The van der Waals surface area contributed by atoms with Crippen molar-refractivity contribution in [3.63, 3.8) is 0 Å². The van der Waals surface area contributed by atoms with Crippen molar-refractivity contribution in [2.45, 2.75) is 5.92 Å². The number of allylic oxidation sites excluding steroid dienone is 1. The van der Waals surface area contributed by atoms with E-state index >= 15 is 0 Å². The molecule has 31 heavy (non-hydrogen) atoms. The largest absolute Gasteiger partial charge is 0.497 e. The van der Waals surface area contributed by atoms with Crippen molar-refractivity contribution in [3.05, 3.63) is 81.1 Å². The first-order chi connectivity index (χ1) is 14.9. The third-order valence-corrected chi connectivity index (χ3v) is 6.34. The highest BCUT2D eigenvalue weighted by atomic mass is 35.5. The number of hydrogen-bond acceptors (Lipinski definition) is 6. The van der Waals surface area contributed by atoms with Crippen LogP contribution in [0.25, 0.3) is 0 Å². The number of carbonyl (C=O) groups is 2. The minimum Gasteiger partial charge on any atom is -0.497 e. The van der Waals surface area contributed by atoms with Crippen LogP contribution in [0.1, 0.15) is 11.5 Å². The van der Waals surface area contributed by atoms with E-state index in [-0.39, 0.29) is 23.1 Å². The number of anilines is 1. The van der Waals surface area contributed by atoms with Crippen LogP contribution in [0.5, 0.6) is 5.75 Å². The highest BCUT2D eigenvalue weighted by Gasteiger charge is 2.44. The quantitative estimate of drug-likeness (QED) is 0.734. The topological polar surface area (TPSA) is 108 Å². The predicted octanol–water partition coefficient (Wildman–Crippen LogP) is 3.57. The molecule has 2 amide bonds. The molecule has 3 N–H and O–H groups in total. The Morgan fingerprint density at radius 2 is 1.94 bits per heavy atom. The third kappa shape index (κ3) is 3.74. The molecular weight excluding hydrogens is 436 g/mol. The van der Waals surface area contributed by atoms with Crippen LogP contribution in [0.2, 0.25) is 5.02 Å². The Bertz CT molecular complexity index is 1170. The Kier molecular flexibility index (Phi) is 5.63. The fraction of sp³-hybridized carbons (Fsp3) is 0.136. The lowest BCUT2D eigenvalue weighted by atomic mass is 9.82. The number of ether oxygens (including phenoxy) is 1. The van der Waals surface area contributed by atoms with Crippen LogP contribution in [0, 0.1) is 11.3 Å². The van der Waals surface area contributed by atoms with Gasteiger partial charge < -0.3 is 15.8 Å². The summed E-state index contributed by atoms with van der Waals surface area (Å²) in [6.45, 7) is 0. The number of nitrogens with two attached hydrogens (primary N) is 1. The van der Waals surface area contributed by atoms with Gasteiger partial charge in [0.1, 0.15) is 11.6 Å². The monoisotopic (exact) mass is 452 g/mol. The molecule has 1 saturated heterocycles. The van der Waals surface area contributed by atoms with Crippen LogP contribution in [0.3, 0.4) is 0 Å². The van der Waals surface area contributed by atoms with Crippen molar-refractivity contribution in [2.24, 2.45) is 5.73 Å². The summed E-state index contributed by atoms with van der Waals surface area (Å²) in [5, 5.41) is 13.7. The first-order valence-electron chi connectivity index (χ1n) is 9.25. The highest BCUT2D eigenvalue weighted by molar-refractivity contribution is 8.04. The molecule has 2 aliphatic rings. The molecule has 1 fully saturated rings. The number of nitriles is 1. The summed E-state index contributed by atoms with van der Waals surface area (Å²) in [5.41, 5.74) is 7.87. The molecule has 0 aliphatic carbocycles. The summed E-state index contributed by atoms with van der Waals surface area (Å²) >= 11 is 7.26. The van der Waals surface area contributed by atoms with Gasteiger partial charge >= 0.3 is 0 Å². The standard InChI is InChI=1S/C22H17ClN4O3S/c1-30-15-8-6-14(7-9-15)26-21(29)19-18(12-2-4-13(23)5-3-12)16(10-24)20(25)27-17(28)11-31-22(19)27/h2-9,18H,11,25H2,1H3,(H,26,29). The van der Waals surface area contributed by atoms with Crippen LogP contribution in [-0.4, -0.2) is 29.6 Å². The highest BCUT2D eigenvalue weighted by Crippen LogP contribution is 2.47. The molecule has 0 aromatic heterocycles. The first kappa shape index (κ1) is 20.8. The number of rotatable bonds is 4. The second kappa shape index (κ2) is 8.38. The SMILES string of the molecule is COc1ccc(NC(=O)C2=C3SCC(=O)N3C(N)=C(C#N)C2c2ccc(Cl)cc2)cc1. The van der Waals surface area contributed by atoms with Crippen molar-refractivity contribution < 1.29 is 14.3 Å². The van der Waals surface area contributed by atoms with Gasteiger partial charge in [0.25, 0.3) is 5.91 Å². The maximum absolute atomic E-state index is 13.4. The Morgan fingerprint density at radius 1 is 1.26 bits per heavy atom. The molecule has 0 radical (unpaired) electrons. The van der Waals surface area contributed by atoms with E-state index in [2.05, 4.69) is 11.4 Å². The average molecular weight is 453 g/mol. The second-order valence-corrected chi connectivity index (χ2v) is 8.22. The lowest BCUT2D eigenvalue weighted by molar-refractivity contribution is -0.124. The second-order valence-electron chi connectivity index (χ2n) is 6.81. The molecule has 1 atom stereocenters. The molecular formula is C22H17ClN4O3S. The summed E-state index contributed by atoms with van der Waals surface area (Å²) in [5.74, 6) is -0.579. The van der Waals surface area contributed by atoms with E-state index in [4.69, 9.17) is 22.1 Å². The van der Waals surface area contributed by atoms with Gasteiger partial charge in [0.2, 0.25) is 5.91 Å². The summed E-state index contributed by atoms with van der Waals surface area (Å²) in [4.78, 5) is 27.2. The minimum atomic E-state index is -0.731. The van der Waals surface area contributed by atoms with Crippen molar-refractivity contribution in [1.82, 2.24) is 4.90 Å². The van der Waals surface area contributed by atoms with Crippen LogP contribution in [0.4, 0.5) is 5.69 Å². The van der Waals surface area contributed by atoms with Crippen LogP contribution in [0.15, 0.2) is 70.5 Å². The predicted molar refractivity (Wildman–Crippen MR) is 119 cm³/mol. The van der Waals surface area contributed by atoms with E-state index in [9.17, 15) is 14.9 Å². The van der Waals surface area contributed by atoms with E-state index in [0.29, 0.717) is 32.6 Å². The van der Waals surface area contributed by atoms with Gasteiger partial charge in [-0.15, -0.1) is 0 Å². The Labute approximate surface area is 188 Å². The molecule has 9 heteroatoms. The summed E-state index contributed by atoms with van der Waals surface area (Å²) in [6.07, 6.45) is 0. The summed E-state index contributed by atoms with van der Waals surface area (Å²) in [6, 6.07) is 15.8. The number of amides is 2. The van der Waals surface area contributed by atoms with Gasteiger partial charge in [-0.25, -0.2) is 0 Å². The van der Waals surface area contributed by atoms with Crippen LogP contribution in [-0.2, 0) is 9.59 Å². The van der Waals surface area contributed by atoms with Crippen LogP contribution >= 0.6 is 23.4 Å². The number of carbonyl (C=O) groups excluding carboxylic acids is 2. The fourth-order valence-corrected chi connectivity index (χ4v) is 4.77. The van der Waals surface area contributed by atoms with E-state index in [1.165, 1.54) is 16.7 Å². The van der Waals surface area contributed by atoms with Gasteiger partial charge in [0.05, 0.1) is 41.0 Å². The van der Waals surface area contributed by atoms with Gasteiger partial charge in [-0.3, -0.25) is 14.5 Å². The molecule has 0 saturated carbocycles. The molecule has 2 heterocycles. The molecule has 2 aromatic rings. The number of thioether (sulfide) groups is 1. The Balaban J connectivity index is 1.82. The Hall–Kier alpha value is -3.41. The molecule has 1 unspecified atom stereocenters. The zero-order valence-electron chi connectivity index (χ0n) is 16.4. The van der Waals surface area contributed by atoms with E-state index < -0.39 is 11.8 Å². The van der Waals surface area contributed by atoms with E-state index in [1.54, 1.807) is 55.6 Å². The van der Waals surface area contributed by atoms with Crippen molar-refractivity contribution in [1.29, 1.82) is 5.26 Å².